The molecule has 0 saturated carbocycles. The first-order valence-corrected chi connectivity index (χ1v) is 25.4. The topological polar surface area (TPSA) is 519 Å². The lowest BCUT2D eigenvalue weighted by atomic mass is 10.0. The first-order valence-electron chi connectivity index (χ1n) is 25.4. The van der Waals surface area contributed by atoms with E-state index in [-0.39, 0.29) is 69.2 Å². The number of benzene rings is 1. The molecule has 0 bridgehead atoms. The van der Waals surface area contributed by atoms with Crippen molar-refractivity contribution in [1.29, 1.82) is 0 Å². The number of nitrogens with one attached hydrogen (secondary N) is 8. The Bertz CT molecular complexity index is 2320. The summed E-state index contributed by atoms with van der Waals surface area (Å²) in [6.45, 7) is 4.77. The number of aliphatic hydroxyl groups is 4. The quantitative estimate of drug-likeness (QED) is 0.0177. The first-order chi connectivity index (χ1) is 37.0. The number of aliphatic imine (C=N–C) groups is 1. The van der Waals surface area contributed by atoms with E-state index in [4.69, 9.17) is 17.2 Å². The van der Waals surface area contributed by atoms with Crippen molar-refractivity contribution in [2.75, 3.05) is 26.3 Å². The van der Waals surface area contributed by atoms with Crippen molar-refractivity contribution in [2.45, 2.75) is 159 Å². The lowest BCUT2D eigenvalue weighted by Gasteiger charge is -2.31. The fourth-order valence-electron chi connectivity index (χ4n) is 7.86. The molecule has 1 saturated heterocycles. The van der Waals surface area contributed by atoms with Crippen LogP contribution in [0.2, 0.25) is 0 Å². The maximum absolute atomic E-state index is 14.3. The van der Waals surface area contributed by atoms with Crippen molar-refractivity contribution < 1.29 is 88.5 Å². The standard InChI is InChI=1S/C48H77N13O18/c1-22(2)18-30(40(71)57-31(47(78)79)19-26-10-12-27(66)13-11-26)56-42(73)33(21-63)58-38(69)23(3)53-41(72)32(20-62)59-43(74)34-9-7-17-61(34)46(77)29(8-6-16-52-48(50)51)55-39(70)28(14-15-35(67)68)54-45(76)37(25(5)65)60-44(75)36(49)24(4)64/h10-13,22-25,28-34,36-37,62-66H,6-9,14-21,49H2,1-5H3,(H,53,72)(H,54,76)(H,55,70)(H,56,73)(H,57,71)(H,58,69)(H,59,74)(H,60,75)(H,67,68)(H,78,79)(H4,50,51,52)/t23-,24+,25+,28-,29-,30-,31-,32-,33-,34-,36-,37-/m0/s1. The van der Waals surface area contributed by atoms with Crippen molar-refractivity contribution in [2.24, 2.45) is 28.1 Å². The number of guanidine groups is 1. The van der Waals surface area contributed by atoms with Gasteiger partial charge in [0.25, 0.3) is 0 Å². The highest BCUT2D eigenvalue weighted by atomic mass is 16.4. The Kier molecular flexibility index (Phi) is 28.0. The van der Waals surface area contributed by atoms with Crippen LogP contribution < -0.4 is 59.7 Å². The maximum atomic E-state index is 14.3. The van der Waals surface area contributed by atoms with Gasteiger partial charge >= 0.3 is 11.9 Å². The smallest absolute Gasteiger partial charge is 0.326 e. The number of carboxylic acid groups (broad SMARTS) is 2. The molecule has 1 aliphatic rings. The summed E-state index contributed by atoms with van der Waals surface area (Å²) in [5.41, 5.74) is 17.0. The van der Waals surface area contributed by atoms with E-state index in [0.717, 1.165) is 11.8 Å². The van der Waals surface area contributed by atoms with Gasteiger partial charge in [-0.1, -0.05) is 26.0 Å². The minimum Gasteiger partial charge on any atom is -0.508 e. The minimum atomic E-state index is -1.76. The van der Waals surface area contributed by atoms with Gasteiger partial charge in [0.05, 0.1) is 25.4 Å². The number of carbonyl (C=O) groups excluding carboxylic acids is 9. The van der Waals surface area contributed by atoms with E-state index in [1.807, 2.05) is 0 Å². The Morgan fingerprint density at radius 1 is 0.646 bits per heavy atom. The number of rotatable bonds is 33. The van der Waals surface area contributed by atoms with Gasteiger partial charge in [0.1, 0.15) is 66.2 Å². The van der Waals surface area contributed by atoms with Gasteiger partial charge in [0.2, 0.25) is 53.2 Å². The number of phenols is 1. The molecule has 1 aliphatic heterocycles. The molecule has 1 fully saturated rings. The summed E-state index contributed by atoms with van der Waals surface area (Å²) in [5, 5.41) is 87.7. The van der Waals surface area contributed by atoms with Crippen LogP contribution in [0.25, 0.3) is 0 Å². The second-order valence-corrected chi connectivity index (χ2v) is 19.4. The highest BCUT2D eigenvalue weighted by Crippen LogP contribution is 2.21. The van der Waals surface area contributed by atoms with Gasteiger partial charge in [-0.05, 0) is 82.9 Å². The molecule has 0 spiro atoms. The van der Waals surface area contributed by atoms with Gasteiger partial charge in [0.15, 0.2) is 5.96 Å². The summed E-state index contributed by atoms with van der Waals surface area (Å²) < 4.78 is 0. The molecular formula is C48H77N13O18. The lowest BCUT2D eigenvalue weighted by Crippen LogP contribution is -2.61. The zero-order chi connectivity index (χ0) is 59.8. The number of nitrogens with two attached hydrogens (primary N) is 3. The van der Waals surface area contributed by atoms with E-state index in [0.29, 0.717) is 5.56 Å². The molecule has 1 aromatic rings. The van der Waals surface area contributed by atoms with Gasteiger partial charge in [0, 0.05) is 25.9 Å². The average molecular weight is 1120 g/mol. The van der Waals surface area contributed by atoms with Crippen molar-refractivity contribution in [1.82, 2.24) is 47.4 Å². The Hall–Kier alpha value is -7.74. The van der Waals surface area contributed by atoms with Gasteiger partial charge in [-0.3, -0.25) is 52.9 Å². The zero-order valence-electron chi connectivity index (χ0n) is 44.5. The fourth-order valence-corrected chi connectivity index (χ4v) is 7.86. The van der Waals surface area contributed by atoms with Crippen LogP contribution in [0.3, 0.4) is 0 Å². The van der Waals surface area contributed by atoms with E-state index in [1.165, 1.54) is 38.1 Å². The number of hydrogen-bond donors (Lipinski definition) is 18. The molecule has 79 heavy (non-hydrogen) atoms. The van der Waals surface area contributed by atoms with Crippen LogP contribution in [0.5, 0.6) is 5.75 Å². The largest absolute Gasteiger partial charge is 0.508 e. The van der Waals surface area contributed by atoms with Crippen LogP contribution in [0.1, 0.15) is 85.1 Å². The number of aliphatic carboxylic acids is 2. The molecule has 442 valence electrons. The van der Waals surface area contributed by atoms with Gasteiger partial charge in [-0.15, -0.1) is 0 Å². The van der Waals surface area contributed by atoms with Crippen LogP contribution in [-0.4, -0.2) is 211 Å². The van der Waals surface area contributed by atoms with Crippen molar-refractivity contribution in [3.05, 3.63) is 29.8 Å². The molecule has 21 N–H and O–H groups in total. The Morgan fingerprint density at radius 3 is 1.72 bits per heavy atom. The van der Waals surface area contributed by atoms with E-state index >= 15 is 0 Å². The highest BCUT2D eigenvalue weighted by molar-refractivity contribution is 5.99. The molecule has 0 aliphatic carbocycles. The van der Waals surface area contributed by atoms with E-state index < -0.39 is 164 Å². The number of likely N-dealkylation sites (tertiary alicyclic amines) is 1. The summed E-state index contributed by atoms with van der Waals surface area (Å²) in [4.78, 5) is 150. The Balaban J connectivity index is 2.23. The second kappa shape index (κ2) is 32.9. The van der Waals surface area contributed by atoms with Crippen LogP contribution >= 0.6 is 0 Å². The Labute approximate surface area is 454 Å². The first kappa shape index (κ1) is 67.4. The van der Waals surface area contributed by atoms with Crippen molar-refractivity contribution in [3.63, 3.8) is 0 Å². The lowest BCUT2D eigenvalue weighted by molar-refractivity contribution is -0.143. The number of amides is 9. The number of nitrogens with zero attached hydrogens (tertiary/aromatic N) is 2. The molecule has 1 heterocycles. The van der Waals surface area contributed by atoms with Crippen molar-refractivity contribution >= 4 is 71.1 Å². The molecule has 31 nitrogen and oxygen atoms in total. The molecule has 0 radical (unpaired) electrons. The number of aromatic hydroxyl groups is 1. The van der Waals surface area contributed by atoms with Crippen LogP contribution in [0, 0.1) is 5.92 Å². The van der Waals surface area contributed by atoms with Crippen LogP contribution in [0.4, 0.5) is 0 Å². The van der Waals surface area contributed by atoms with E-state index in [9.17, 15) is 88.5 Å². The molecule has 12 atom stereocenters. The molecule has 9 amide bonds. The maximum Gasteiger partial charge on any atom is 0.326 e. The van der Waals surface area contributed by atoms with Crippen LogP contribution in [0.15, 0.2) is 29.3 Å². The SMILES string of the molecule is CC(C)C[C@H](NC(=O)[C@H](CO)NC(=O)[C@H](C)NC(=O)[C@H](CO)NC(=O)[C@@H]1CCCN1C(=O)[C@H](CCCN=C(N)N)NC(=O)[C@H](CCC(=O)O)NC(=O)[C@@H](NC(=O)[C@@H](N)[C@@H](C)O)[C@@H](C)O)C(=O)N[C@@H](Cc1ccc(O)cc1)C(=O)O. The zero-order valence-corrected chi connectivity index (χ0v) is 44.5. The summed E-state index contributed by atoms with van der Waals surface area (Å²) in [5.74, 6) is -12.6. The van der Waals surface area contributed by atoms with Gasteiger partial charge < -0.3 is 100 Å². The predicted molar refractivity (Wildman–Crippen MR) is 277 cm³/mol. The molecule has 1 aromatic carbocycles. The normalized spacial score (nSPS) is 17.3. The summed E-state index contributed by atoms with van der Waals surface area (Å²) in [7, 11) is 0. The molecule has 31 heteroatoms. The summed E-state index contributed by atoms with van der Waals surface area (Å²) in [6.07, 6.45) is -4.32. The molecule has 0 unspecified atom stereocenters. The third kappa shape index (κ3) is 22.6. The number of aliphatic hydroxyl groups excluding tert-OH is 4. The minimum absolute atomic E-state index is 0.00102. The third-order valence-corrected chi connectivity index (χ3v) is 12.3. The predicted octanol–water partition coefficient (Wildman–Crippen LogP) is -7.05. The third-order valence-electron chi connectivity index (χ3n) is 12.3. The van der Waals surface area contributed by atoms with Gasteiger partial charge in [-0.25, -0.2) is 4.79 Å². The fraction of sp³-hybridized carbons (Fsp3) is 0.625. The molecule has 2 rings (SSSR count). The van der Waals surface area contributed by atoms with Crippen molar-refractivity contribution in [3.8, 4) is 5.75 Å². The van der Waals surface area contributed by atoms with Crippen LogP contribution in [-0.2, 0) is 59.2 Å². The van der Waals surface area contributed by atoms with E-state index in [2.05, 4.69) is 47.5 Å². The average Bonchev–Trinajstić information content (AvgIpc) is 3.88. The second-order valence-electron chi connectivity index (χ2n) is 19.4. The monoisotopic (exact) mass is 1120 g/mol. The number of carbonyl (C=O) groups is 11. The summed E-state index contributed by atoms with van der Waals surface area (Å²) in [6, 6.07) is -9.96. The Morgan fingerprint density at radius 2 is 1.18 bits per heavy atom. The molecule has 0 aromatic heterocycles. The van der Waals surface area contributed by atoms with Gasteiger partial charge in [-0.2, -0.15) is 0 Å². The summed E-state index contributed by atoms with van der Waals surface area (Å²) >= 11 is 0. The highest BCUT2D eigenvalue weighted by Gasteiger charge is 2.41. The number of phenolic OH excluding ortho intramolecular Hbond substituents is 1. The number of carboxylic acids is 2. The number of hydrogen-bond acceptors (Lipinski definition) is 18. The molecular weight excluding hydrogens is 1050 g/mol. The van der Waals surface area contributed by atoms with E-state index in [1.54, 1.807) is 13.8 Å².